The van der Waals surface area contributed by atoms with Gasteiger partial charge in [0.2, 0.25) is 0 Å². The Balaban J connectivity index is 2.00. The lowest BCUT2D eigenvalue weighted by Crippen LogP contribution is -2.40. The molecular formula is C15H17F3O2S. The van der Waals surface area contributed by atoms with E-state index in [9.17, 15) is 22.5 Å². The van der Waals surface area contributed by atoms with Crippen molar-refractivity contribution in [2.75, 3.05) is 0 Å². The summed E-state index contributed by atoms with van der Waals surface area (Å²) in [7, 11) is -0.949. The van der Waals surface area contributed by atoms with Crippen molar-refractivity contribution < 1.29 is 22.5 Å². The summed E-state index contributed by atoms with van der Waals surface area (Å²) in [6.45, 7) is 1.59. The summed E-state index contributed by atoms with van der Waals surface area (Å²) in [5.41, 5.74) is -1.23. The maximum Gasteiger partial charge on any atom is 0.416 e. The van der Waals surface area contributed by atoms with E-state index >= 15 is 0 Å². The zero-order chi connectivity index (χ0) is 15.4. The second-order valence-electron chi connectivity index (χ2n) is 6.18. The quantitative estimate of drug-likeness (QED) is 0.863. The minimum absolute atomic E-state index is 0.0939. The first kappa shape index (κ1) is 15.0. The first-order chi connectivity index (χ1) is 9.69. The minimum atomic E-state index is -4.42. The number of aliphatic hydroxyl groups is 1. The SMILES string of the molecule is Cc1cc(C(F)(F)F)cc(C2(O)CC3CCC(C2)S3=O)c1. The lowest BCUT2D eigenvalue weighted by Gasteiger charge is -2.36. The minimum Gasteiger partial charge on any atom is -0.385 e. The Labute approximate surface area is 123 Å². The van der Waals surface area contributed by atoms with E-state index in [0.29, 0.717) is 11.1 Å². The molecule has 1 N–H and O–H groups in total. The van der Waals surface area contributed by atoms with Crippen molar-refractivity contribution >= 4 is 10.8 Å². The van der Waals surface area contributed by atoms with Gasteiger partial charge in [-0.3, -0.25) is 4.21 Å². The highest BCUT2D eigenvalue weighted by atomic mass is 32.2. The van der Waals surface area contributed by atoms with E-state index in [2.05, 4.69) is 0 Å². The van der Waals surface area contributed by atoms with E-state index in [4.69, 9.17) is 0 Å². The van der Waals surface area contributed by atoms with E-state index in [-0.39, 0.29) is 23.3 Å². The monoisotopic (exact) mass is 318 g/mol. The van der Waals surface area contributed by atoms with Crippen LogP contribution in [0, 0.1) is 6.92 Å². The molecule has 2 bridgehead atoms. The van der Waals surface area contributed by atoms with Gasteiger partial charge in [0.25, 0.3) is 0 Å². The molecule has 0 radical (unpaired) electrons. The topological polar surface area (TPSA) is 37.3 Å². The lowest BCUT2D eigenvalue weighted by molar-refractivity contribution is -0.137. The van der Waals surface area contributed by atoms with Crippen LogP contribution in [-0.2, 0) is 22.6 Å². The Morgan fingerprint density at radius 1 is 1.19 bits per heavy atom. The third-order valence-corrected chi connectivity index (χ3v) is 6.66. The molecule has 1 aromatic carbocycles. The zero-order valence-corrected chi connectivity index (χ0v) is 12.4. The van der Waals surface area contributed by atoms with E-state index < -0.39 is 28.1 Å². The smallest absolute Gasteiger partial charge is 0.385 e. The molecule has 2 atom stereocenters. The number of halogens is 3. The number of hydrogen-bond acceptors (Lipinski definition) is 2. The van der Waals surface area contributed by atoms with Crippen LogP contribution in [0.25, 0.3) is 0 Å². The van der Waals surface area contributed by atoms with E-state index in [1.54, 1.807) is 13.0 Å². The van der Waals surface area contributed by atoms with Crippen molar-refractivity contribution in [3.8, 4) is 0 Å². The van der Waals surface area contributed by atoms with Gasteiger partial charge in [0.1, 0.15) is 0 Å². The molecule has 0 spiro atoms. The highest BCUT2D eigenvalue weighted by molar-refractivity contribution is 7.86. The number of fused-ring (bicyclic) bond motifs is 2. The van der Waals surface area contributed by atoms with Gasteiger partial charge in [-0.2, -0.15) is 13.2 Å². The standard InChI is InChI=1S/C15H17F3O2S/c1-9-4-10(6-11(5-9)15(16,17)18)14(19)7-12-2-3-13(8-14)21(12)20/h4-6,12-13,19H,2-3,7-8H2,1H3. The van der Waals surface area contributed by atoms with Crippen molar-refractivity contribution in [3.05, 3.63) is 34.9 Å². The molecule has 2 fully saturated rings. The summed E-state index contributed by atoms with van der Waals surface area (Å²) in [6.07, 6.45) is -2.27. The van der Waals surface area contributed by atoms with Gasteiger partial charge in [0.05, 0.1) is 11.2 Å². The van der Waals surface area contributed by atoms with Crippen LogP contribution in [0.5, 0.6) is 0 Å². The van der Waals surface area contributed by atoms with Gasteiger partial charge in [-0.25, -0.2) is 0 Å². The number of hydrogen-bond donors (Lipinski definition) is 1. The Hall–Kier alpha value is -0.880. The highest BCUT2D eigenvalue weighted by Gasteiger charge is 2.48. The maximum atomic E-state index is 12.9. The molecule has 0 aliphatic carbocycles. The van der Waals surface area contributed by atoms with Gasteiger partial charge in [0, 0.05) is 21.3 Å². The van der Waals surface area contributed by atoms with Gasteiger partial charge in [-0.15, -0.1) is 0 Å². The number of rotatable bonds is 1. The van der Waals surface area contributed by atoms with Crippen LogP contribution in [0.15, 0.2) is 18.2 Å². The van der Waals surface area contributed by atoms with Crippen molar-refractivity contribution in [2.45, 2.75) is 54.9 Å². The molecular weight excluding hydrogens is 301 g/mol. The molecule has 0 saturated carbocycles. The van der Waals surface area contributed by atoms with Crippen molar-refractivity contribution in [1.29, 1.82) is 0 Å². The molecule has 2 heterocycles. The van der Waals surface area contributed by atoms with Crippen LogP contribution in [0.2, 0.25) is 0 Å². The molecule has 1 aromatic rings. The molecule has 2 unspecified atom stereocenters. The predicted octanol–water partition coefficient (Wildman–Crippen LogP) is 3.27. The second kappa shape index (κ2) is 4.81. The van der Waals surface area contributed by atoms with Crippen molar-refractivity contribution in [1.82, 2.24) is 0 Å². The van der Waals surface area contributed by atoms with Gasteiger partial charge in [-0.05, 0) is 50.3 Å². The largest absolute Gasteiger partial charge is 0.416 e. The van der Waals surface area contributed by atoms with Crippen LogP contribution in [0.3, 0.4) is 0 Å². The fraction of sp³-hybridized carbons (Fsp3) is 0.600. The average molecular weight is 318 g/mol. The van der Waals surface area contributed by atoms with Gasteiger partial charge >= 0.3 is 6.18 Å². The molecule has 116 valence electrons. The third kappa shape index (κ3) is 2.63. The average Bonchev–Trinajstić information content (AvgIpc) is 2.61. The predicted molar refractivity (Wildman–Crippen MR) is 74.3 cm³/mol. The Morgan fingerprint density at radius 2 is 1.76 bits per heavy atom. The number of alkyl halides is 3. The normalized spacial score (nSPS) is 36.0. The molecule has 2 saturated heterocycles. The maximum absolute atomic E-state index is 12.9. The fourth-order valence-electron chi connectivity index (χ4n) is 3.53. The Bertz CT molecular complexity index is 581. The summed E-state index contributed by atoms with van der Waals surface area (Å²) < 4.78 is 50.8. The molecule has 2 nitrogen and oxygen atoms in total. The molecule has 0 aromatic heterocycles. The second-order valence-corrected chi connectivity index (χ2v) is 8.17. The Morgan fingerprint density at radius 3 is 2.29 bits per heavy atom. The van der Waals surface area contributed by atoms with Gasteiger partial charge in [0.15, 0.2) is 0 Å². The zero-order valence-electron chi connectivity index (χ0n) is 11.6. The van der Waals surface area contributed by atoms with Gasteiger partial charge in [-0.1, -0.05) is 11.6 Å². The van der Waals surface area contributed by atoms with Crippen LogP contribution >= 0.6 is 0 Å². The summed E-state index contributed by atoms with van der Waals surface area (Å²) in [5.74, 6) is 0. The van der Waals surface area contributed by atoms with Crippen LogP contribution in [-0.4, -0.2) is 19.8 Å². The molecule has 21 heavy (non-hydrogen) atoms. The van der Waals surface area contributed by atoms with E-state index in [1.807, 2.05) is 0 Å². The molecule has 2 aliphatic heterocycles. The third-order valence-electron chi connectivity index (χ3n) is 4.54. The summed E-state index contributed by atoms with van der Waals surface area (Å²) in [5, 5.41) is 10.7. The molecule has 6 heteroatoms. The van der Waals surface area contributed by atoms with E-state index in [0.717, 1.165) is 25.0 Å². The Kier molecular flexibility index (Phi) is 3.44. The molecule has 2 aliphatic rings. The number of aryl methyl sites for hydroxylation is 1. The summed E-state index contributed by atoms with van der Waals surface area (Å²) in [4.78, 5) is 0. The highest BCUT2D eigenvalue weighted by Crippen LogP contribution is 2.46. The fourth-order valence-corrected chi connectivity index (χ4v) is 5.69. The first-order valence-corrected chi connectivity index (χ1v) is 8.28. The first-order valence-electron chi connectivity index (χ1n) is 7.00. The van der Waals surface area contributed by atoms with Gasteiger partial charge < -0.3 is 5.11 Å². The molecule has 3 rings (SSSR count). The van der Waals surface area contributed by atoms with Crippen molar-refractivity contribution in [3.63, 3.8) is 0 Å². The lowest BCUT2D eigenvalue weighted by atomic mass is 9.84. The van der Waals surface area contributed by atoms with Crippen LogP contribution in [0.1, 0.15) is 42.4 Å². The van der Waals surface area contributed by atoms with E-state index in [1.165, 1.54) is 0 Å². The van der Waals surface area contributed by atoms with Crippen LogP contribution in [0.4, 0.5) is 13.2 Å². The van der Waals surface area contributed by atoms with Crippen molar-refractivity contribution in [2.24, 2.45) is 0 Å². The summed E-state index contributed by atoms with van der Waals surface area (Å²) in [6, 6.07) is 3.74. The van der Waals surface area contributed by atoms with Crippen LogP contribution < -0.4 is 0 Å². The number of benzene rings is 1. The summed E-state index contributed by atoms with van der Waals surface area (Å²) >= 11 is 0. The molecule has 0 amide bonds.